The molecule has 0 saturated carbocycles. The molecule has 3 rings (SSSR count). The molecule has 0 aliphatic heterocycles. The van der Waals surface area contributed by atoms with Crippen LogP contribution in [0.2, 0.25) is 0 Å². The lowest BCUT2D eigenvalue weighted by Gasteiger charge is -2.14. The van der Waals surface area contributed by atoms with Gasteiger partial charge in [-0.25, -0.2) is 0 Å². The second-order valence-corrected chi connectivity index (χ2v) is 5.79. The second kappa shape index (κ2) is 5.11. The Labute approximate surface area is 116 Å². The van der Waals surface area contributed by atoms with Gasteiger partial charge in [-0.3, -0.25) is 4.98 Å². The first-order chi connectivity index (χ1) is 9.24. The van der Waals surface area contributed by atoms with Crippen LogP contribution in [-0.4, -0.2) is 4.98 Å². The molecule has 0 spiro atoms. The Morgan fingerprint density at radius 1 is 1.21 bits per heavy atom. The topological polar surface area (TPSA) is 38.9 Å². The average molecular weight is 268 g/mol. The molecule has 19 heavy (non-hydrogen) atoms. The number of thiophene rings is 1. The van der Waals surface area contributed by atoms with Crippen molar-refractivity contribution in [1.29, 1.82) is 0 Å². The molecule has 1 aromatic carbocycles. The maximum atomic E-state index is 6.40. The SMILES string of the molecule is Cc1cc(C(N)Cc2cccs2)c2ccccc2n1. The monoisotopic (exact) mass is 268 g/mol. The van der Waals surface area contributed by atoms with E-state index in [4.69, 9.17) is 5.73 Å². The van der Waals surface area contributed by atoms with Crippen LogP contribution >= 0.6 is 11.3 Å². The molecule has 1 atom stereocenters. The summed E-state index contributed by atoms with van der Waals surface area (Å²) in [5, 5.41) is 3.26. The van der Waals surface area contributed by atoms with Crippen LogP contribution in [0.4, 0.5) is 0 Å². The van der Waals surface area contributed by atoms with E-state index in [2.05, 4.69) is 34.6 Å². The molecule has 2 nitrogen and oxygen atoms in total. The highest BCUT2D eigenvalue weighted by atomic mass is 32.1. The van der Waals surface area contributed by atoms with Crippen molar-refractivity contribution in [3.05, 3.63) is 64.0 Å². The van der Waals surface area contributed by atoms with E-state index in [1.807, 2.05) is 25.1 Å². The normalized spacial score (nSPS) is 12.7. The number of nitrogens with zero attached hydrogens (tertiary/aromatic N) is 1. The molecule has 2 N–H and O–H groups in total. The van der Waals surface area contributed by atoms with E-state index in [1.54, 1.807) is 11.3 Å². The van der Waals surface area contributed by atoms with Crippen LogP contribution in [0.3, 0.4) is 0 Å². The average Bonchev–Trinajstić information content (AvgIpc) is 2.90. The number of para-hydroxylation sites is 1. The number of aromatic nitrogens is 1. The van der Waals surface area contributed by atoms with Gasteiger partial charge >= 0.3 is 0 Å². The van der Waals surface area contributed by atoms with Crippen molar-refractivity contribution in [3.63, 3.8) is 0 Å². The van der Waals surface area contributed by atoms with Gasteiger partial charge in [0.25, 0.3) is 0 Å². The van der Waals surface area contributed by atoms with E-state index in [0.717, 1.165) is 23.0 Å². The Bertz CT molecular complexity index is 689. The van der Waals surface area contributed by atoms with Crippen LogP contribution in [0.5, 0.6) is 0 Å². The van der Waals surface area contributed by atoms with Gasteiger partial charge in [-0.1, -0.05) is 24.3 Å². The molecule has 1 unspecified atom stereocenters. The van der Waals surface area contributed by atoms with E-state index in [9.17, 15) is 0 Å². The minimum absolute atomic E-state index is 0.0187. The third-order valence-corrected chi connectivity index (χ3v) is 4.18. The molecule has 96 valence electrons. The van der Waals surface area contributed by atoms with E-state index < -0.39 is 0 Å². The highest BCUT2D eigenvalue weighted by Crippen LogP contribution is 2.26. The Hall–Kier alpha value is -1.71. The lowest BCUT2D eigenvalue weighted by atomic mass is 9.98. The Kier molecular flexibility index (Phi) is 3.32. The van der Waals surface area contributed by atoms with Gasteiger partial charge in [-0.2, -0.15) is 0 Å². The van der Waals surface area contributed by atoms with Gasteiger partial charge in [-0.15, -0.1) is 11.3 Å². The molecule has 0 bridgehead atoms. The number of pyridine rings is 1. The molecular formula is C16H16N2S. The van der Waals surface area contributed by atoms with E-state index in [1.165, 1.54) is 10.4 Å². The lowest BCUT2D eigenvalue weighted by molar-refractivity contribution is 0.734. The maximum Gasteiger partial charge on any atom is 0.0708 e. The smallest absolute Gasteiger partial charge is 0.0708 e. The quantitative estimate of drug-likeness (QED) is 0.783. The highest BCUT2D eigenvalue weighted by Gasteiger charge is 2.12. The first kappa shape index (κ1) is 12.3. The molecule has 0 saturated heterocycles. The van der Waals surface area contributed by atoms with Crippen molar-refractivity contribution in [2.24, 2.45) is 5.73 Å². The highest BCUT2D eigenvalue weighted by molar-refractivity contribution is 7.09. The molecule has 0 fully saturated rings. The summed E-state index contributed by atoms with van der Waals surface area (Å²) < 4.78 is 0. The second-order valence-electron chi connectivity index (χ2n) is 4.76. The molecule has 0 aliphatic carbocycles. The summed E-state index contributed by atoms with van der Waals surface area (Å²) in [6, 6.07) is 14.5. The summed E-state index contributed by atoms with van der Waals surface area (Å²) in [7, 11) is 0. The van der Waals surface area contributed by atoms with Gasteiger partial charge in [0, 0.05) is 28.4 Å². The van der Waals surface area contributed by atoms with Gasteiger partial charge in [0.05, 0.1) is 5.52 Å². The van der Waals surface area contributed by atoms with E-state index in [0.29, 0.717) is 0 Å². The van der Waals surface area contributed by atoms with Gasteiger partial charge in [0.2, 0.25) is 0 Å². The zero-order valence-corrected chi connectivity index (χ0v) is 11.7. The number of aryl methyl sites for hydroxylation is 1. The first-order valence-electron chi connectivity index (χ1n) is 6.38. The van der Waals surface area contributed by atoms with E-state index in [-0.39, 0.29) is 6.04 Å². The number of rotatable bonds is 3. The van der Waals surface area contributed by atoms with Gasteiger partial charge < -0.3 is 5.73 Å². The van der Waals surface area contributed by atoms with Crippen molar-refractivity contribution >= 4 is 22.2 Å². The Morgan fingerprint density at radius 3 is 2.84 bits per heavy atom. The summed E-state index contributed by atoms with van der Waals surface area (Å²) in [4.78, 5) is 5.89. The molecule has 3 heteroatoms. The minimum atomic E-state index is 0.0187. The molecule has 0 radical (unpaired) electrons. The van der Waals surface area contributed by atoms with Gasteiger partial charge in [-0.05, 0) is 36.1 Å². The van der Waals surface area contributed by atoms with Crippen LogP contribution in [0.1, 0.15) is 22.2 Å². The van der Waals surface area contributed by atoms with Crippen molar-refractivity contribution in [2.75, 3.05) is 0 Å². The summed E-state index contributed by atoms with van der Waals surface area (Å²) in [6.45, 7) is 2.02. The Morgan fingerprint density at radius 2 is 2.05 bits per heavy atom. The predicted molar refractivity (Wildman–Crippen MR) is 81.4 cm³/mol. The summed E-state index contributed by atoms with van der Waals surface area (Å²) in [5.74, 6) is 0. The van der Waals surface area contributed by atoms with Crippen molar-refractivity contribution < 1.29 is 0 Å². The zero-order valence-electron chi connectivity index (χ0n) is 10.8. The summed E-state index contributed by atoms with van der Waals surface area (Å²) in [6.07, 6.45) is 0.880. The largest absolute Gasteiger partial charge is 0.324 e. The van der Waals surface area contributed by atoms with Crippen LogP contribution in [0.25, 0.3) is 10.9 Å². The van der Waals surface area contributed by atoms with Crippen LogP contribution in [0, 0.1) is 6.92 Å². The zero-order chi connectivity index (χ0) is 13.2. The Balaban J connectivity index is 2.03. The van der Waals surface area contributed by atoms with Crippen LogP contribution < -0.4 is 5.73 Å². The van der Waals surface area contributed by atoms with E-state index >= 15 is 0 Å². The fraction of sp³-hybridized carbons (Fsp3) is 0.188. The molecule has 2 heterocycles. The summed E-state index contributed by atoms with van der Waals surface area (Å²) >= 11 is 1.76. The molecular weight excluding hydrogens is 252 g/mol. The standard InChI is InChI=1S/C16H16N2S/c1-11-9-14(13-6-2-3-7-16(13)18-11)15(17)10-12-5-4-8-19-12/h2-9,15H,10,17H2,1H3. The number of hydrogen-bond acceptors (Lipinski definition) is 3. The summed E-state index contributed by atoms with van der Waals surface area (Å²) in [5.41, 5.74) is 9.64. The fourth-order valence-electron chi connectivity index (χ4n) is 2.40. The predicted octanol–water partition coefficient (Wildman–Crippen LogP) is 3.85. The van der Waals surface area contributed by atoms with Crippen molar-refractivity contribution in [2.45, 2.75) is 19.4 Å². The van der Waals surface area contributed by atoms with Crippen molar-refractivity contribution in [3.8, 4) is 0 Å². The van der Waals surface area contributed by atoms with Gasteiger partial charge in [0.15, 0.2) is 0 Å². The molecule has 3 aromatic rings. The third kappa shape index (κ3) is 2.53. The third-order valence-electron chi connectivity index (χ3n) is 3.28. The molecule has 2 aromatic heterocycles. The number of fused-ring (bicyclic) bond motifs is 1. The number of hydrogen-bond donors (Lipinski definition) is 1. The van der Waals surface area contributed by atoms with Crippen LogP contribution in [0.15, 0.2) is 47.8 Å². The fourth-order valence-corrected chi connectivity index (χ4v) is 3.17. The minimum Gasteiger partial charge on any atom is -0.324 e. The maximum absolute atomic E-state index is 6.40. The van der Waals surface area contributed by atoms with Crippen LogP contribution in [-0.2, 0) is 6.42 Å². The number of nitrogens with two attached hydrogens (primary N) is 1. The van der Waals surface area contributed by atoms with Crippen molar-refractivity contribution in [1.82, 2.24) is 4.98 Å². The van der Waals surface area contributed by atoms with Gasteiger partial charge in [0.1, 0.15) is 0 Å². The number of benzene rings is 1. The molecule has 0 amide bonds. The first-order valence-corrected chi connectivity index (χ1v) is 7.26. The lowest BCUT2D eigenvalue weighted by Crippen LogP contribution is -2.13. The molecule has 0 aliphatic rings.